The van der Waals surface area contributed by atoms with E-state index in [0.29, 0.717) is 0 Å². The molecule has 3 aromatic rings. The van der Waals surface area contributed by atoms with Crippen LogP contribution in [0, 0.1) is 0 Å². The summed E-state index contributed by atoms with van der Waals surface area (Å²) in [5, 5.41) is 3.30. The van der Waals surface area contributed by atoms with Crippen LogP contribution in [-0.4, -0.2) is 41.9 Å². The van der Waals surface area contributed by atoms with E-state index in [0.717, 1.165) is 43.7 Å². The molecular weight excluding hydrogens is 376 g/mol. The molecule has 1 fully saturated rings. The van der Waals surface area contributed by atoms with Crippen LogP contribution in [0.4, 0.5) is 0 Å². The van der Waals surface area contributed by atoms with Crippen LogP contribution >= 0.6 is 11.3 Å². The summed E-state index contributed by atoms with van der Waals surface area (Å²) in [5.74, 6) is 0.169. The van der Waals surface area contributed by atoms with Crippen LogP contribution in [0.5, 0.6) is 0 Å². The van der Waals surface area contributed by atoms with Crippen molar-refractivity contribution in [1.82, 2.24) is 9.80 Å². The minimum Gasteiger partial charge on any atom is -0.330 e. The highest BCUT2D eigenvalue weighted by Crippen LogP contribution is 2.35. The number of carbonyl (C=O) groups excluding carboxylic acids is 1. The van der Waals surface area contributed by atoms with Gasteiger partial charge in [-0.1, -0.05) is 48.5 Å². The van der Waals surface area contributed by atoms with Gasteiger partial charge in [0.2, 0.25) is 0 Å². The maximum Gasteiger partial charge on any atom is 0.254 e. The van der Waals surface area contributed by atoms with Gasteiger partial charge < -0.3 is 9.80 Å². The van der Waals surface area contributed by atoms with Gasteiger partial charge >= 0.3 is 0 Å². The molecule has 1 aromatic heterocycles. The fourth-order valence-corrected chi connectivity index (χ4v) is 5.52. The first-order chi connectivity index (χ1) is 14.3. The third-order valence-electron chi connectivity index (χ3n) is 6.19. The van der Waals surface area contributed by atoms with Gasteiger partial charge in [0.05, 0.1) is 6.04 Å². The second kappa shape index (κ2) is 8.13. The van der Waals surface area contributed by atoms with Crippen molar-refractivity contribution in [2.45, 2.75) is 25.3 Å². The van der Waals surface area contributed by atoms with Gasteiger partial charge in [-0.05, 0) is 61.0 Å². The molecule has 2 aliphatic rings. The zero-order valence-electron chi connectivity index (χ0n) is 16.6. The van der Waals surface area contributed by atoms with Crippen molar-refractivity contribution < 1.29 is 4.79 Å². The predicted octanol–water partition coefficient (Wildman–Crippen LogP) is 5.35. The summed E-state index contributed by atoms with van der Waals surface area (Å²) >= 11 is 1.73. The Labute approximate surface area is 176 Å². The Balaban J connectivity index is 1.49. The van der Waals surface area contributed by atoms with E-state index in [1.165, 1.54) is 28.5 Å². The van der Waals surface area contributed by atoms with E-state index in [1.54, 1.807) is 11.3 Å². The van der Waals surface area contributed by atoms with Gasteiger partial charge in [0, 0.05) is 28.7 Å². The molecule has 4 heteroatoms. The molecular formula is C25H26N2OS. The van der Waals surface area contributed by atoms with E-state index < -0.39 is 0 Å². The third-order valence-corrected chi connectivity index (χ3v) is 7.07. The molecule has 5 rings (SSSR count). The number of amides is 1. The highest BCUT2D eigenvalue weighted by molar-refractivity contribution is 7.17. The SMILES string of the molecule is O=C1C(c2cccc3sccc23)=CCCN1[C@H](CN1CCCC1)c1ccccc1. The first-order valence-electron chi connectivity index (χ1n) is 10.6. The van der Waals surface area contributed by atoms with E-state index in [1.807, 2.05) is 0 Å². The van der Waals surface area contributed by atoms with Crippen molar-refractivity contribution in [1.29, 1.82) is 0 Å². The van der Waals surface area contributed by atoms with Gasteiger partial charge in [-0.3, -0.25) is 4.79 Å². The number of hydrogen-bond donors (Lipinski definition) is 0. The van der Waals surface area contributed by atoms with Gasteiger partial charge in [0.1, 0.15) is 0 Å². The summed E-state index contributed by atoms with van der Waals surface area (Å²) in [6, 6.07) is 19.1. The third kappa shape index (κ3) is 3.63. The zero-order chi connectivity index (χ0) is 19.6. The monoisotopic (exact) mass is 402 g/mol. The van der Waals surface area contributed by atoms with Crippen molar-refractivity contribution in [2.24, 2.45) is 0 Å². The molecule has 3 nitrogen and oxygen atoms in total. The maximum atomic E-state index is 13.7. The molecule has 0 spiro atoms. The number of nitrogens with zero attached hydrogens (tertiary/aromatic N) is 2. The van der Waals surface area contributed by atoms with Crippen molar-refractivity contribution in [3.8, 4) is 0 Å². The number of carbonyl (C=O) groups is 1. The average Bonchev–Trinajstić information content (AvgIpc) is 3.45. The zero-order valence-corrected chi connectivity index (χ0v) is 17.4. The van der Waals surface area contributed by atoms with Crippen molar-refractivity contribution in [3.63, 3.8) is 0 Å². The molecule has 2 aromatic carbocycles. The van der Waals surface area contributed by atoms with Crippen LogP contribution in [0.15, 0.2) is 66.1 Å². The lowest BCUT2D eigenvalue weighted by Gasteiger charge is -2.37. The number of thiophene rings is 1. The van der Waals surface area contributed by atoms with E-state index in [2.05, 4.69) is 75.9 Å². The standard InChI is InChI=1S/C25H26N2OS/c28-25-22(20-10-6-12-24-21(20)13-17-29-24)11-7-16-27(25)23(18-26-14-4-5-15-26)19-8-2-1-3-9-19/h1-3,6,8-13,17,23H,4-5,7,14-16,18H2/t23-/m1/s1. The number of hydrogen-bond acceptors (Lipinski definition) is 3. The van der Waals surface area contributed by atoms with E-state index in [4.69, 9.17) is 0 Å². The number of likely N-dealkylation sites (tertiary alicyclic amines) is 1. The molecule has 3 heterocycles. The summed E-state index contributed by atoms with van der Waals surface area (Å²) in [4.78, 5) is 18.4. The molecule has 0 unspecified atom stereocenters. The van der Waals surface area contributed by atoms with Crippen LogP contribution in [0.1, 0.15) is 36.4 Å². The Kier molecular flexibility index (Phi) is 5.21. The number of benzene rings is 2. The minimum atomic E-state index is 0.104. The Hall–Kier alpha value is -2.43. The Morgan fingerprint density at radius 3 is 2.59 bits per heavy atom. The van der Waals surface area contributed by atoms with Crippen molar-refractivity contribution in [2.75, 3.05) is 26.2 Å². The largest absolute Gasteiger partial charge is 0.330 e. The lowest BCUT2D eigenvalue weighted by molar-refractivity contribution is -0.128. The molecule has 1 saturated heterocycles. The fourth-order valence-electron chi connectivity index (χ4n) is 4.71. The number of rotatable bonds is 5. The predicted molar refractivity (Wildman–Crippen MR) is 121 cm³/mol. The Bertz CT molecular complexity index is 1030. The maximum absolute atomic E-state index is 13.7. The van der Waals surface area contributed by atoms with Gasteiger partial charge in [0.25, 0.3) is 5.91 Å². The fraction of sp³-hybridized carbons (Fsp3) is 0.320. The molecule has 2 aliphatic heterocycles. The quantitative estimate of drug-likeness (QED) is 0.574. The summed E-state index contributed by atoms with van der Waals surface area (Å²) < 4.78 is 1.24. The summed E-state index contributed by atoms with van der Waals surface area (Å²) in [6.07, 6.45) is 5.58. The first kappa shape index (κ1) is 18.6. The normalized spacial score (nSPS) is 19.0. The van der Waals surface area contributed by atoms with Crippen molar-refractivity contribution in [3.05, 3.63) is 77.2 Å². The van der Waals surface area contributed by atoms with Gasteiger partial charge in [-0.15, -0.1) is 11.3 Å². The van der Waals surface area contributed by atoms with Crippen LogP contribution < -0.4 is 0 Å². The lowest BCUT2D eigenvalue weighted by atomic mass is 9.94. The molecule has 148 valence electrons. The smallest absolute Gasteiger partial charge is 0.254 e. The molecule has 29 heavy (non-hydrogen) atoms. The molecule has 0 radical (unpaired) electrons. The second-order valence-electron chi connectivity index (χ2n) is 7.98. The highest BCUT2D eigenvalue weighted by atomic mass is 32.1. The van der Waals surface area contributed by atoms with Gasteiger partial charge in [-0.25, -0.2) is 0 Å². The summed E-state index contributed by atoms with van der Waals surface area (Å²) in [6.45, 7) is 3.99. The minimum absolute atomic E-state index is 0.104. The average molecular weight is 403 g/mol. The highest BCUT2D eigenvalue weighted by Gasteiger charge is 2.32. The van der Waals surface area contributed by atoms with Crippen LogP contribution in [-0.2, 0) is 4.79 Å². The molecule has 1 amide bonds. The van der Waals surface area contributed by atoms with Crippen LogP contribution in [0.3, 0.4) is 0 Å². The topological polar surface area (TPSA) is 23.6 Å². The Morgan fingerprint density at radius 1 is 0.931 bits per heavy atom. The Morgan fingerprint density at radius 2 is 1.76 bits per heavy atom. The second-order valence-corrected chi connectivity index (χ2v) is 8.92. The van der Waals surface area contributed by atoms with Gasteiger partial charge in [-0.2, -0.15) is 0 Å². The van der Waals surface area contributed by atoms with E-state index in [9.17, 15) is 4.79 Å². The van der Waals surface area contributed by atoms with Crippen molar-refractivity contribution >= 4 is 32.9 Å². The summed E-state index contributed by atoms with van der Waals surface area (Å²) in [7, 11) is 0. The first-order valence-corrected chi connectivity index (χ1v) is 11.4. The van der Waals surface area contributed by atoms with Gasteiger partial charge in [0.15, 0.2) is 0 Å². The molecule has 0 aliphatic carbocycles. The number of fused-ring (bicyclic) bond motifs is 1. The molecule has 0 saturated carbocycles. The molecule has 0 bridgehead atoms. The van der Waals surface area contributed by atoms with E-state index >= 15 is 0 Å². The molecule has 0 N–H and O–H groups in total. The lowest BCUT2D eigenvalue weighted by Crippen LogP contribution is -2.43. The van der Waals surface area contributed by atoms with Crippen LogP contribution in [0.25, 0.3) is 15.7 Å². The summed E-state index contributed by atoms with van der Waals surface area (Å²) in [5.41, 5.74) is 3.18. The molecule has 1 atom stereocenters. The van der Waals surface area contributed by atoms with E-state index in [-0.39, 0.29) is 11.9 Å². The van der Waals surface area contributed by atoms with Crippen LogP contribution in [0.2, 0.25) is 0 Å².